The fourth-order valence-corrected chi connectivity index (χ4v) is 0.815. The molecule has 0 aliphatic rings. The van der Waals surface area contributed by atoms with Gasteiger partial charge >= 0.3 is 12.4 Å². The van der Waals surface area contributed by atoms with Crippen molar-refractivity contribution in [3.63, 3.8) is 0 Å². The first kappa shape index (κ1) is 14.5. The van der Waals surface area contributed by atoms with Crippen molar-refractivity contribution in [1.82, 2.24) is 5.32 Å². The Bertz CT molecular complexity index is 195. The first-order valence-corrected chi connectivity index (χ1v) is 4.15. The first-order chi connectivity index (χ1) is 6.45. The molecule has 0 aliphatic heterocycles. The molecule has 0 saturated heterocycles. The molecule has 0 aromatic rings. The second kappa shape index (κ2) is 4.17. The summed E-state index contributed by atoms with van der Waals surface area (Å²) < 4.78 is 73.1. The minimum atomic E-state index is -5.59. The number of hydrogen-bond donors (Lipinski definition) is 2. The predicted molar refractivity (Wildman–Crippen MR) is 41.9 cm³/mol. The smallest absolute Gasteiger partial charge is 0.298 e. The third-order valence-corrected chi connectivity index (χ3v) is 1.98. The molecule has 0 saturated carbocycles. The highest BCUT2D eigenvalue weighted by Gasteiger charge is 2.69. The molecule has 0 rings (SSSR count). The van der Waals surface area contributed by atoms with E-state index in [1.165, 1.54) is 19.2 Å². The molecular weight excluding hydrogens is 226 g/mol. The fourth-order valence-electron chi connectivity index (χ4n) is 0.815. The summed E-state index contributed by atoms with van der Waals surface area (Å²) in [6, 6.07) is -0.988. The molecule has 0 heterocycles. The van der Waals surface area contributed by atoms with E-state index in [-0.39, 0.29) is 6.42 Å². The van der Waals surface area contributed by atoms with Gasteiger partial charge in [0.2, 0.25) is 0 Å². The number of hydrogen-bond acceptors (Lipinski definition) is 2. The fraction of sp³-hybridized carbons (Fsp3) is 1.00. The Kier molecular flexibility index (Phi) is 4.03. The van der Waals surface area contributed by atoms with Crippen molar-refractivity contribution in [3.05, 3.63) is 0 Å². The standard InChI is InChI=1S/C7H12F6N2/c1-3-4(2)15-5(14,6(8,9)10)7(11,12)13/h4,15H,3,14H2,1-2H3. The van der Waals surface area contributed by atoms with Crippen LogP contribution in [-0.2, 0) is 0 Å². The lowest BCUT2D eigenvalue weighted by Gasteiger charge is -2.36. The highest BCUT2D eigenvalue weighted by Crippen LogP contribution is 2.39. The van der Waals surface area contributed by atoms with Crippen LogP contribution in [0.2, 0.25) is 0 Å². The molecule has 2 nitrogen and oxygen atoms in total. The molecule has 0 amide bonds. The topological polar surface area (TPSA) is 38.0 Å². The normalized spacial score (nSPS) is 16.6. The first-order valence-electron chi connectivity index (χ1n) is 4.15. The summed E-state index contributed by atoms with van der Waals surface area (Å²) in [6.07, 6.45) is -11.1. The molecule has 1 atom stereocenters. The van der Waals surface area contributed by atoms with Gasteiger partial charge in [-0.1, -0.05) is 6.92 Å². The van der Waals surface area contributed by atoms with Crippen molar-refractivity contribution in [2.75, 3.05) is 0 Å². The van der Waals surface area contributed by atoms with Gasteiger partial charge in [0.1, 0.15) is 0 Å². The van der Waals surface area contributed by atoms with Crippen LogP contribution in [0.3, 0.4) is 0 Å². The van der Waals surface area contributed by atoms with E-state index in [4.69, 9.17) is 0 Å². The highest BCUT2D eigenvalue weighted by molar-refractivity contribution is 4.97. The summed E-state index contributed by atoms with van der Waals surface area (Å²) in [5.74, 6) is 0. The van der Waals surface area contributed by atoms with Crippen molar-refractivity contribution in [2.24, 2.45) is 5.73 Å². The van der Waals surface area contributed by atoms with E-state index in [0.29, 0.717) is 0 Å². The average molecular weight is 238 g/mol. The lowest BCUT2D eigenvalue weighted by molar-refractivity contribution is -0.308. The molecule has 92 valence electrons. The lowest BCUT2D eigenvalue weighted by atomic mass is 10.1. The van der Waals surface area contributed by atoms with Crippen LogP contribution in [0.15, 0.2) is 0 Å². The second-order valence-electron chi connectivity index (χ2n) is 3.26. The molecule has 0 aromatic carbocycles. The average Bonchev–Trinajstić information content (AvgIpc) is 1.99. The number of alkyl halides is 6. The van der Waals surface area contributed by atoms with Crippen molar-refractivity contribution >= 4 is 0 Å². The van der Waals surface area contributed by atoms with Crippen LogP contribution in [0.25, 0.3) is 0 Å². The molecule has 3 N–H and O–H groups in total. The number of nitrogens with one attached hydrogen (secondary N) is 1. The van der Waals surface area contributed by atoms with Crippen LogP contribution in [0, 0.1) is 0 Å². The van der Waals surface area contributed by atoms with E-state index in [1.54, 1.807) is 0 Å². The minimum Gasteiger partial charge on any atom is -0.298 e. The molecular formula is C7H12F6N2. The Hall–Kier alpha value is -0.500. The molecule has 0 fully saturated rings. The second-order valence-corrected chi connectivity index (χ2v) is 3.26. The summed E-state index contributed by atoms with van der Waals surface area (Å²) in [5.41, 5.74) is 0.0157. The molecule has 0 aromatic heterocycles. The van der Waals surface area contributed by atoms with E-state index in [2.05, 4.69) is 5.73 Å². The Morgan fingerprint density at radius 2 is 1.40 bits per heavy atom. The Morgan fingerprint density at radius 3 is 1.60 bits per heavy atom. The van der Waals surface area contributed by atoms with Crippen molar-refractivity contribution in [3.8, 4) is 0 Å². The predicted octanol–water partition coefficient (Wildman–Crippen LogP) is 2.15. The summed E-state index contributed by atoms with van der Waals surface area (Å²) in [6.45, 7) is 2.64. The van der Waals surface area contributed by atoms with Gasteiger partial charge in [0.25, 0.3) is 5.66 Å². The number of rotatable bonds is 3. The van der Waals surface area contributed by atoms with Crippen LogP contribution in [0.1, 0.15) is 20.3 Å². The maximum atomic E-state index is 12.2. The van der Waals surface area contributed by atoms with Crippen LogP contribution < -0.4 is 11.1 Å². The zero-order chi connectivity index (χ0) is 12.5. The molecule has 0 bridgehead atoms. The van der Waals surface area contributed by atoms with E-state index in [1.807, 2.05) is 0 Å². The van der Waals surface area contributed by atoms with E-state index in [9.17, 15) is 26.3 Å². The maximum Gasteiger partial charge on any atom is 0.428 e. The molecule has 8 heteroatoms. The van der Waals surface area contributed by atoms with E-state index in [0.717, 1.165) is 0 Å². The van der Waals surface area contributed by atoms with Crippen LogP contribution in [0.4, 0.5) is 26.3 Å². The maximum absolute atomic E-state index is 12.2. The summed E-state index contributed by atoms with van der Waals surface area (Å²) in [4.78, 5) is 0. The monoisotopic (exact) mass is 238 g/mol. The quantitative estimate of drug-likeness (QED) is 0.584. The third-order valence-electron chi connectivity index (χ3n) is 1.98. The largest absolute Gasteiger partial charge is 0.428 e. The number of nitrogens with two attached hydrogens (primary N) is 1. The third kappa shape index (κ3) is 2.97. The lowest BCUT2D eigenvalue weighted by Crippen LogP contribution is -2.73. The summed E-state index contributed by atoms with van der Waals surface area (Å²) in [5, 5.41) is 1.35. The minimum absolute atomic E-state index is 0.102. The van der Waals surface area contributed by atoms with Crippen LogP contribution in [0.5, 0.6) is 0 Å². The van der Waals surface area contributed by atoms with Gasteiger partial charge in [0, 0.05) is 6.04 Å². The van der Waals surface area contributed by atoms with Gasteiger partial charge in [-0.05, 0) is 13.3 Å². The number of halogens is 6. The zero-order valence-corrected chi connectivity index (χ0v) is 8.13. The van der Waals surface area contributed by atoms with Crippen molar-refractivity contribution < 1.29 is 26.3 Å². The van der Waals surface area contributed by atoms with Gasteiger partial charge in [-0.15, -0.1) is 0 Å². The summed E-state index contributed by atoms with van der Waals surface area (Å²) >= 11 is 0. The Labute approximate surface area is 82.8 Å². The van der Waals surface area contributed by atoms with Gasteiger partial charge in [0.05, 0.1) is 0 Å². The Balaban J connectivity index is 5.06. The molecule has 0 radical (unpaired) electrons. The highest BCUT2D eigenvalue weighted by atomic mass is 19.4. The van der Waals surface area contributed by atoms with Crippen LogP contribution >= 0.6 is 0 Å². The van der Waals surface area contributed by atoms with Gasteiger partial charge in [-0.3, -0.25) is 11.1 Å². The van der Waals surface area contributed by atoms with Gasteiger partial charge in [-0.2, -0.15) is 26.3 Å². The van der Waals surface area contributed by atoms with Crippen molar-refractivity contribution in [2.45, 2.75) is 44.3 Å². The zero-order valence-electron chi connectivity index (χ0n) is 8.13. The molecule has 0 spiro atoms. The summed E-state index contributed by atoms with van der Waals surface area (Å²) in [7, 11) is 0. The van der Waals surface area contributed by atoms with Gasteiger partial charge < -0.3 is 0 Å². The Morgan fingerprint density at radius 1 is 1.07 bits per heavy atom. The molecule has 0 aliphatic carbocycles. The van der Waals surface area contributed by atoms with Crippen molar-refractivity contribution in [1.29, 1.82) is 0 Å². The van der Waals surface area contributed by atoms with Crippen LogP contribution in [-0.4, -0.2) is 24.1 Å². The van der Waals surface area contributed by atoms with Gasteiger partial charge in [0.15, 0.2) is 0 Å². The van der Waals surface area contributed by atoms with E-state index >= 15 is 0 Å². The SMILES string of the molecule is CCC(C)NC(N)(C(F)(F)F)C(F)(F)F. The molecule has 1 unspecified atom stereocenters. The van der Waals surface area contributed by atoms with Gasteiger partial charge in [-0.25, -0.2) is 0 Å². The van der Waals surface area contributed by atoms with E-state index < -0.39 is 24.1 Å². The molecule has 15 heavy (non-hydrogen) atoms.